The molecule has 0 fully saturated rings. The Morgan fingerprint density at radius 1 is 1.39 bits per heavy atom. The van der Waals surface area contributed by atoms with E-state index in [4.69, 9.17) is 16.7 Å². The lowest BCUT2D eigenvalue weighted by Gasteiger charge is -2.16. The van der Waals surface area contributed by atoms with Crippen molar-refractivity contribution in [1.29, 1.82) is 0 Å². The fourth-order valence-electron chi connectivity index (χ4n) is 1.80. The molecule has 4 nitrogen and oxygen atoms in total. The van der Waals surface area contributed by atoms with Crippen molar-refractivity contribution in [3.8, 4) is 0 Å². The van der Waals surface area contributed by atoms with Gasteiger partial charge in [-0.3, -0.25) is 4.79 Å². The number of Topliss-reactive ketones (excluding diaryl/α,β-unsaturated/α-hetero) is 1. The summed E-state index contributed by atoms with van der Waals surface area (Å²) >= 11 is 5.74. The van der Waals surface area contributed by atoms with Crippen LogP contribution in [0.3, 0.4) is 0 Å². The Bertz CT molecular complexity index is 468. The second kappa shape index (κ2) is 5.98. The minimum atomic E-state index is -1.71. The van der Waals surface area contributed by atoms with Crippen molar-refractivity contribution in [2.45, 2.75) is 31.7 Å². The number of aliphatic hydroxyl groups excluding tert-OH is 1. The first-order chi connectivity index (χ1) is 8.40. The average molecular weight is 271 g/mol. The van der Waals surface area contributed by atoms with Gasteiger partial charge in [0.05, 0.1) is 5.38 Å². The number of aryl methyl sites for hydroxylation is 1. The molecular formula is C13H15ClO4. The number of carbonyl (C=O) groups is 2. The highest BCUT2D eigenvalue weighted by molar-refractivity contribution is 6.33. The summed E-state index contributed by atoms with van der Waals surface area (Å²) in [5.41, 5.74) is 0.949. The predicted octanol–water partition coefficient (Wildman–Crippen LogP) is 2.18. The minimum Gasteiger partial charge on any atom is -0.479 e. The summed E-state index contributed by atoms with van der Waals surface area (Å²) in [6, 6.07) is 4.84. The van der Waals surface area contributed by atoms with Crippen LogP contribution in [0.1, 0.15) is 41.4 Å². The zero-order valence-corrected chi connectivity index (χ0v) is 10.9. The number of carboxylic acids is 1. The van der Waals surface area contributed by atoms with Crippen molar-refractivity contribution < 1.29 is 19.8 Å². The molecule has 2 unspecified atom stereocenters. The van der Waals surface area contributed by atoms with Crippen molar-refractivity contribution >= 4 is 23.4 Å². The quantitative estimate of drug-likeness (QED) is 0.635. The van der Waals surface area contributed by atoms with Crippen LogP contribution in [0.5, 0.6) is 0 Å². The van der Waals surface area contributed by atoms with Gasteiger partial charge in [0, 0.05) is 11.1 Å². The Labute approximate surface area is 110 Å². The fraction of sp³-hybridized carbons (Fsp3) is 0.385. The van der Waals surface area contributed by atoms with Crippen molar-refractivity contribution in [3.05, 3.63) is 34.9 Å². The summed E-state index contributed by atoms with van der Waals surface area (Å²) in [6.07, 6.45) is -1.19. The molecule has 0 aliphatic heterocycles. The van der Waals surface area contributed by atoms with Crippen LogP contribution in [0.2, 0.25) is 0 Å². The predicted molar refractivity (Wildman–Crippen MR) is 68.1 cm³/mol. The van der Waals surface area contributed by atoms with E-state index in [0.29, 0.717) is 12.0 Å². The SMILES string of the molecule is CCc1cccc(C(=O)C(C)Cl)c1C(O)C(=O)O. The molecule has 1 rings (SSSR count). The molecule has 0 bridgehead atoms. The Balaban J connectivity index is 3.42. The van der Waals surface area contributed by atoms with Gasteiger partial charge in [0.2, 0.25) is 0 Å². The number of carbonyl (C=O) groups excluding carboxylic acids is 1. The first-order valence-electron chi connectivity index (χ1n) is 5.61. The number of hydrogen-bond acceptors (Lipinski definition) is 3. The highest BCUT2D eigenvalue weighted by atomic mass is 35.5. The molecule has 0 aromatic heterocycles. The normalized spacial score (nSPS) is 14.0. The third-order valence-electron chi connectivity index (χ3n) is 2.71. The number of aliphatic carboxylic acids is 1. The van der Waals surface area contributed by atoms with Crippen LogP contribution in [-0.4, -0.2) is 27.3 Å². The van der Waals surface area contributed by atoms with Gasteiger partial charge in [0.15, 0.2) is 11.9 Å². The number of aliphatic hydroxyl groups is 1. The number of ketones is 1. The largest absolute Gasteiger partial charge is 0.479 e. The molecule has 5 heteroatoms. The third-order valence-corrected chi connectivity index (χ3v) is 2.91. The van der Waals surface area contributed by atoms with E-state index in [1.165, 1.54) is 13.0 Å². The van der Waals surface area contributed by atoms with Crippen molar-refractivity contribution in [2.75, 3.05) is 0 Å². The molecule has 0 saturated heterocycles. The van der Waals surface area contributed by atoms with E-state index in [1.807, 2.05) is 6.92 Å². The van der Waals surface area contributed by atoms with Crippen LogP contribution < -0.4 is 0 Å². The molecule has 1 aromatic carbocycles. The summed E-state index contributed by atoms with van der Waals surface area (Å²) in [5, 5.41) is 17.9. The van der Waals surface area contributed by atoms with Crippen molar-refractivity contribution in [2.24, 2.45) is 0 Å². The Kier molecular flexibility index (Phi) is 4.87. The van der Waals surface area contributed by atoms with Crippen LogP contribution in [0.15, 0.2) is 18.2 Å². The smallest absolute Gasteiger partial charge is 0.337 e. The maximum atomic E-state index is 11.9. The minimum absolute atomic E-state index is 0.144. The van der Waals surface area contributed by atoms with E-state index in [2.05, 4.69) is 0 Å². The summed E-state index contributed by atoms with van der Waals surface area (Å²) < 4.78 is 0. The van der Waals surface area contributed by atoms with Crippen LogP contribution in [0, 0.1) is 0 Å². The lowest BCUT2D eigenvalue weighted by Crippen LogP contribution is -2.20. The lowest BCUT2D eigenvalue weighted by atomic mass is 9.92. The Morgan fingerprint density at radius 2 is 2.00 bits per heavy atom. The molecule has 0 aliphatic rings. The fourth-order valence-corrected chi connectivity index (χ4v) is 1.91. The van der Waals surface area contributed by atoms with Gasteiger partial charge >= 0.3 is 5.97 Å². The molecular weight excluding hydrogens is 256 g/mol. The topological polar surface area (TPSA) is 74.6 Å². The number of benzene rings is 1. The summed E-state index contributed by atoms with van der Waals surface area (Å²) in [7, 11) is 0. The first kappa shape index (κ1) is 14.7. The lowest BCUT2D eigenvalue weighted by molar-refractivity contribution is -0.147. The molecule has 0 amide bonds. The van der Waals surface area contributed by atoms with E-state index in [-0.39, 0.29) is 16.9 Å². The van der Waals surface area contributed by atoms with E-state index in [1.54, 1.807) is 12.1 Å². The molecule has 0 aliphatic carbocycles. The van der Waals surface area contributed by atoms with E-state index in [9.17, 15) is 14.7 Å². The van der Waals surface area contributed by atoms with E-state index in [0.717, 1.165) is 0 Å². The average Bonchev–Trinajstić information content (AvgIpc) is 2.35. The van der Waals surface area contributed by atoms with Crippen LogP contribution in [0.25, 0.3) is 0 Å². The second-order valence-corrected chi connectivity index (χ2v) is 4.61. The highest BCUT2D eigenvalue weighted by Crippen LogP contribution is 2.25. The first-order valence-corrected chi connectivity index (χ1v) is 6.04. The Morgan fingerprint density at radius 3 is 2.44 bits per heavy atom. The van der Waals surface area contributed by atoms with E-state index < -0.39 is 17.5 Å². The monoisotopic (exact) mass is 270 g/mol. The summed E-state index contributed by atoms with van der Waals surface area (Å²) in [5.74, 6) is -1.77. The van der Waals surface area contributed by atoms with Crippen LogP contribution in [-0.2, 0) is 11.2 Å². The standard InChI is InChI=1S/C13H15ClO4/c1-3-8-5-4-6-9(11(15)7(2)14)10(8)12(16)13(17)18/h4-7,12,16H,3H2,1-2H3,(H,17,18). The highest BCUT2D eigenvalue weighted by Gasteiger charge is 2.26. The number of alkyl halides is 1. The van der Waals surface area contributed by atoms with Gasteiger partial charge in [-0.2, -0.15) is 0 Å². The summed E-state index contributed by atoms with van der Waals surface area (Å²) in [6.45, 7) is 3.34. The maximum Gasteiger partial charge on any atom is 0.337 e. The second-order valence-electron chi connectivity index (χ2n) is 3.95. The van der Waals surface area contributed by atoms with Gasteiger partial charge in [-0.15, -0.1) is 11.6 Å². The number of hydrogen-bond donors (Lipinski definition) is 2. The molecule has 0 heterocycles. The molecule has 0 saturated carbocycles. The summed E-state index contributed by atoms with van der Waals surface area (Å²) in [4.78, 5) is 22.8. The van der Waals surface area contributed by atoms with Gasteiger partial charge in [-0.05, 0) is 18.9 Å². The molecule has 98 valence electrons. The maximum absolute atomic E-state index is 11.9. The van der Waals surface area contributed by atoms with Gasteiger partial charge in [0.25, 0.3) is 0 Å². The van der Waals surface area contributed by atoms with Crippen molar-refractivity contribution in [1.82, 2.24) is 0 Å². The van der Waals surface area contributed by atoms with Crippen LogP contribution >= 0.6 is 11.6 Å². The molecule has 18 heavy (non-hydrogen) atoms. The van der Waals surface area contributed by atoms with Crippen LogP contribution in [0.4, 0.5) is 0 Å². The number of halogens is 1. The Hall–Kier alpha value is -1.39. The molecule has 0 spiro atoms. The molecule has 2 atom stereocenters. The van der Waals surface area contributed by atoms with Gasteiger partial charge in [-0.1, -0.05) is 25.1 Å². The third kappa shape index (κ3) is 2.89. The zero-order chi connectivity index (χ0) is 13.9. The zero-order valence-electron chi connectivity index (χ0n) is 10.2. The molecule has 0 radical (unpaired) electrons. The van der Waals surface area contributed by atoms with Gasteiger partial charge in [0.1, 0.15) is 0 Å². The van der Waals surface area contributed by atoms with Crippen molar-refractivity contribution in [3.63, 3.8) is 0 Å². The molecule has 2 N–H and O–H groups in total. The number of carboxylic acid groups (broad SMARTS) is 1. The molecule has 1 aromatic rings. The number of rotatable bonds is 5. The van der Waals surface area contributed by atoms with Gasteiger partial charge < -0.3 is 10.2 Å². The van der Waals surface area contributed by atoms with E-state index >= 15 is 0 Å². The van der Waals surface area contributed by atoms with Gasteiger partial charge in [-0.25, -0.2) is 4.79 Å².